The maximum Gasteiger partial charge on any atom is -0.000584 e. The summed E-state index contributed by atoms with van der Waals surface area (Å²) in [5, 5.41) is 0. The van der Waals surface area contributed by atoms with Gasteiger partial charge in [-0.3, -0.25) is 0 Å². The zero-order valence-corrected chi connectivity index (χ0v) is 15.4. The van der Waals surface area contributed by atoms with Gasteiger partial charge in [0.05, 0.1) is 0 Å². The van der Waals surface area contributed by atoms with Crippen LogP contribution in [0.5, 0.6) is 0 Å². The van der Waals surface area contributed by atoms with Gasteiger partial charge in [-0.1, -0.05) is 83.1 Å². The highest BCUT2D eigenvalue weighted by Gasteiger charge is 2.18. The third kappa shape index (κ3) is 4.16. The Hall–Kier alpha value is -1.21. The van der Waals surface area contributed by atoms with E-state index >= 15 is 0 Å². The standard InChI is InChI=1S/C21H28S/c1-20(2,3)18-10-6-16(7-11-18)14-17-8-12-19(13-9-17)21(4,5)15-22/h6-13,22H,14-15H2,1-5H3. The maximum absolute atomic E-state index is 4.45. The number of benzene rings is 2. The molecule has 0 aliphatic carbocycles. The topological polar surface area (TPSA) is 0 Å². The molecule has 0 radical (unpaired) electrons. The lowest BCUT2D eigenvalue weighted by molar-refractivity contribution is 0.590. The van der Waals surface area contributed by atoms with E-state index in [1.54, 1.807) is 0 Å². The van der Waals surface area contributed by atoms with Crippen LogP contribution in [0.1, 0.15) is 56.9 Å². The van der Waals surface area contributed by atoms with Crippen LogP contribution in [0.3, 0.4) is 0 Å². The van der Waals surface area contributed by atoms with Crippen LogP contribution in [-0.4, -0.2) is 5.75 Å². The van der Waals surface area contributed by atoms with Crippen LogP contribution in [0.4, 0.5) is 0 Å². The minimum atomic E-state index is 0.135. The predicted octanol–water partition coefficient (Wildman–Crippen LogP) is 5.78. The molecule has 0 atom stereocenters. The van der Waals surface area contributed by atoms with Gasteiger partial charge in [-0.2, -0.15) is 12.6 Å². The van der Waals surface area contributed by atoms with E-state index in [0.29, 0.717) is 0 Å². The van der Waals surface area contributed by atoms with Crippen LogP contribution >= 0.6 is 12.6 Å². The molecule has 0 N–H and O–H groups in total. The Labute approximate surface area is 141 Å². The lowest BCUT2D eigenvalue weighted by Gasteiger charge is -2.23. The van der Waals surface area contributed by atoms with Crippen molar-refractivity contribution in [3.63, 3.8) is 0 Å². The molecule has 2 aromatic rings. The fourth-order valence-corrected chi connectivity index (χ4v) is 2.71. The van der Waals surface area contributed by atoms with Gasteiger partial charge in [0.1, 0.15) is 0 Å². The Kier molecular flexibility index (Phi) is 5.07. The van der Waals surface area contributed by atoms with Gasteiger partial charge in [0.2, 0.25) is 0 Å². The van der Waals surface area contributed by atoms with Gasteiger partial charge in [-0.05, 0) is 45.3 Å². The molecule has 0 saturated heterocycles. The number of hydrogen-bond donors (Lipinski definition) is 1. The highest BCUT2D eigenvalue weighted by Crippen LogP contribution is 2.26. The summed E-state index contributed by atoms with van der Waals surface area (Å²) >= 11 is 4.45. The first kappa shape index (κ1) is 17.1. The van der Waals surface area contributed by atoms with E-state index < -0.39 is 0 Å². The third-order valence-electron chi connectivity index (χ3n) is 4.36. The number of thiol groups is 1. The second kappa shape index (κ2) is 6.50. The van der Waals surface area contributed by atoms with Crippen LogP contribution < -0.4 is 0 Å². The number of hydrogen-bond acceptors (Lipinski definition) is 1. The second-order valence-electron chi connectivity index (χ2n) is 7.86. The monoisotopic (exact) mass is 312 g/mol. The molecule has 2 rings (SSSR count). The lowest BCUT2D eigenvalue weighted by Crippen LogP contribution is -2.18. The minimum Gasteiger partial charge on any atom is -0.178 e. The van der Waals surface area contributed by atoms with Crippen LogP contribution in [0, 0.1) is 0 Å². The SMILES string of the molecule is CC(C)(C)c1ccc(Cc2ccc(C(C)(C)CS)cc2)cc1. The van der Waals surface area contributed by atoms with E-state index in [4.69, 9.17) is 0 Å². The Morgan fingerprint density at radius 2 is 1.09 bits per heavy atom. The van der Waals surface area contributed by atoms with Gasteiger partial charge >= 0.3 is 0 Å². The summed E-state index contributed by atoms with van der Waals surface area (Å²) in [5.41, 5.74) is 5.84. The first-order chi connectivity index (χ1) is 10.2. The number of rotatable bonds is 4. The van der Waals surface area contributed by atoms with E-state index in [1.807, 2.05) is 0 Å². The Morgan fingerprint density at radius 1 is 0.682 bits per heavy atom. The highest BCUT2D eigenvalue weighted by atomic mass is 32.1. The Bertz CT molecular complexity index is 598. The Balaban J connectivity index is 2.11. The van der Waals surface area contributed by atoms with E-state index in [1.165, 1.54) is 22.3 Å². The van der Waals surface area contributed by atoms with Crippen molar-refractivity contribution < 1.29 is 0 Å². The summed E-state index contributed by atoms with van der Waals surface area (Å²) in [6, 6.07) is 18.0. The van der Waals surface area contributed by atoms with Crippen LogP contribution in [0.2, 0.25) is 0 Å². The second-order valence-corrected chi connectivity index (χ2v) is 8.18. The summed E-state index contributed by atoms with van der Waals surface area (Å²) < 4.78 is 0. The quantitative estimate of drug-likeness (QED) is 0.679. The molecule has 1 heteroatoms. The van der Waals surface area contributed by atoms with Gasteiger partial charge in [0, 0.05) is 0 Å². The zero-order valence-electron chi connectivity index (χ0n) is 14.5. The molecule has 118 valence electrons. The van der Waals surface area contributed by atoms with Crippen LogP contribution in [0.15, 0.2) is 48.5 Å². The van der Waals surface area contributed by atoms with Gasteiger partial charge < -0.3 is 0 Å². The van der Waals surface area contributed by atoms with Crippen molar-refractivity contribution in [2.24, 2.45) is 0 Å². The fraction of sp³-hybridized carbons (Fsp3) is 0.429. The lowest BCUT2D eigenvalue weighted by atomic mass is 9.85. The van der Waals surface area contributed by atoms with Crippen molar-refractivity contribution in [2.75, 3.05) is 5.75 Å². The smallest absolute Gasteiger partial charge is 0.000584 e. The molecule has 22 heavy (non-hydrogen) atoms. The van der Waals surface area contributed by atoms with Crippen LogP contribution in [0.25, 0.3) is 0 Å². The zero-order chi connectivity index (χ0) is 16.4. The average Bonchev–Trinajstić information content (AvgIpc) is 2.47. The molecule has 0 nitrogen and oxygen atoms in total. The van der Waals surface area contributed by atoms with Gasteiger partial charge in [0.15, 0.2) is 0 Å². The normalized spacial score (nSPS) is 12.5. The van der Waals surface area contributed by atoms with Crippen molar-refractivity contribution in [2.45, 2.75) is 51.9 Å². The highest BCUT2D eigenvalue weighted by molar-refractivity contribution is 7.80. The largest absolute Gasteiger partial charge is 0.178 e. The minimum absolute atomic E-state index is 0.135. The fourth-order valence-electron chi connectivity index (χ4n) is 2.52. The summed E-state index contributed by atoms with van der Waals surface area (Å²) in [4.78, 5) is 0. The van der Waals surface area contributed by atoms with Crippen molar-refractivity contribution in [3.05, 3.63) is 70.8 Å². The first-order valence-electron chi connectivity index (χ1n) is 8.02. The molecule has 0 saturated carbocycles. The summed E-state index contributed by atoms with van der Waals surface area (Å²) in [5.74, 6) is 0.862. The molecule has 0 fully saturated rings. The van der Waals surface area contributed by atoms with Crippen molar-refractivity contribution in [3.8, 4) is 0 Å². The summed E-state index contributed by atoms with van der Waals surface area (Å²) in [7, 11) is 0. The molecule has 0 amide bonds. The van der Waals surface area contributed by atoms with E-state index in [9.17, 15) is 0 Å². The molecule has 2 aromatic carbocycles. The first-order valence-corrected chi connectivity index (χ1v) is 8.65. The molecule has 0 bridgehead atoms. The van der Waals surface area contributed by atoms with Crippen LogP contribution in [-0.2, 0) is 17.3 Å². The third-order valence-corrected chi connectivity index (χ3v) is 5.15. The summed E-state index contributed by atoms with van der Waals surface area (Å²) in [6.45, 7) is 11.2. The van der Waals surface area contributed by atoms with Gasteiger partial charge in [-0.25, -0.2) is 0 Å². The molecule has 0 aliphatic rings. The maximum atomic E-state index is 4.45. The van der Waals surface area contributed by atoms with Crippen molar-refractivity contribution in [1.82, 2.24) is 0 Å². The van der Waals surface area contributed by atoms with Crippen molar-refractivity contribution >= 4 is 12.6 Å². The molecule has 0 aliphatic heterocycles. The molecule has 0 aromatic heterocycles. The average molecular weight is 313 g/mol. The van der Waals surface area contributed by atoms with E-state index in [2.05, 4.69) is 95.8 Å². The van der Waals surface area contributed by atoms with Crippen molar-refractivity contribution in [1.29, 1.82) is 0 Å². The van der Waals surface area contributed by atoms with E-state index in [0.717, 1.165) is 12.2 Å². The molecular weight excluding hydrogens is 284 g/mol. The molecular formula is C21H28S. The Morgan fingerprint density at radius 3 is 1.45 bits per heavy atom. The molecule has 0 spiro atoms. The van der Waals surface area contributed by atoms with Gasteiger partial charge in [0.25, 0.3) is 0 Å². The predicted molar refractivity (Wildman–Crippen MR) is 101 cm³/mol. The van der Waals surface area contributed by atoms with E-state index in [-0.39, 0.29) is 10.8 Å². The molecule has 0 heterocycles. The summed E-state index contributed by atoms with van der Waals surface area (Å²) in [6.07, 6.45) is 0.992. The van der Waals surface area contributed by atoms with Gasteiger partial charge in [-0.15, -0.1) is 0 Å². The molecule has 0 unspecified atom stereocenters.